The van der Waals surface area contributed by atoms with Crippen LogP contribution in [-0.2, 0) is 9.59 Å². The number of hydrogen-bond donors (Lipinski definition) is 2. The Bertz CT molecular complexity index is 338. The van der Waals surface area contributed by atoms with Gasteiger partial charge in [0.15, 0.2) is 5.78 Å². The number of carbonyl (C=O) groups excluding carboxylic acids is 2. The molecule has 0 saturated heterocycles. The summed E-state index contributed by atoms with van der Waals surface area (Å²) < 4.78 is 0. The second-order valence-electron chi connectivity index (χ2n) is 5.62. The number of ketones is 1. The number of nitrogens with two attached hydrogens (primary N) is 1. The maximum Gasteiger partial charge on any atom is 0.233 e. The number of Topliss-reactive ketones (excluding diaryl/α,β-unsaturated/α-hetero) is 1. The highest BCUT2D eigenvalue weighted by molar-refractivity contribution is 6.10. The fourth-order valence-corrected chi connectivity index (χ4v) is 3.33. The molecule has 2 aliphatic carbocycles. The summed E-state index contributed by atoms with van der Waals surface area (Å²) in [4.78, 5) is 24.4. The fourth-order valence-electron chi connectivity index (χ4n) is 3.33. The minimum atomic E-state index is -0.733. The maximum absolute atomic E-state index is 12.3. The Morgan fingerprint density at radius 3 is 2.75 bits per heavy atom. The summed E-state index contributed by atoms with van der Waals surface area (Å²) in [7, 11) is 0. The normalized spacial score (nSPS) is 35.4. The molecule has 2 fully saturated rings. The Hall–Kier alpha value is -0.900. The Labute approximate surface area is 96.0 Å². The number of fused-ring (bicyclic) bond motifs is 2. The molecule has 2 bridgehead atoms. The summed E-state index contributed by atoms with van der Waals surface area (Å²) in [5.41, 5.74) is 4.30. The van der Waals surface area contributed by atoms with Crippen LogP contribution >= 0.6 is 0 Å². The third-order valence-electron chi connectivity index (χ3n) is 4.42. The molecule has 0 aromatic rings. The lowest BCUT2D eigenvalue weighted by molar-refractivity contribution is -0.145. The minimum Gasteiger partial charge on any atom is -0.354 e. The molecule has 2 saturated carbocycles. The largest absolute Gasteiger partial charge is 0.354 e. The van der Waals surface area contributed by atoms with Gasteiger partial charge >= 0.3 is 0 Å². The molecule has 0 unspecified atom stereocenters. The van der Waals surface area contributed by atoms with Gasteiger partial charge in [0, 0.05) is 18.5 Å². The highest BCUT2D eigenvalue weighted by Gasteiger charge is 2.64. The molecule has 0 aromatic heterocycles. The van der Waals surface area contributed by atoms with E-state index in [1.807, 2.05) is 13.8 Å². The van der Waals surface area contributed by atoms with E-state index in [1.54, 1.807) is 0 Å². The van der Waals surface area contributed by atoms with Gasteiger partial charge in [-0.1, -0.05) is 13.8 Å². The smallest absolute Gasteiger partial charge is 0.233 e. The van der Waals surface area contributed by atoms with Gasteiger partial charge in [-0.3, -0.25) is 9.59 Å². The number of nitrogens with one attached hydrogen (secondary N) is 1. The lowest BCUT2D eigenvalue weighted by Crippen LogP contribution is -2.48. The molecule has 16 heavy (non-hydrogen) atoms. The molecule has 0 aliphatic heterocycles. The molecule has 0 radical (unpaired) electrons. The minimum absolute atomic E-state index is 0.101. The van der Waals surface area contributed by atoms with Gasteiger partial charge < -0.3 is 11.1 Å². The fraction of sp³-hybridized carbons (Fsp3) is 0.833. The van der Waals surface area contributed by atoms with Crippen molar-refractivity contribution in [1.82, 2.24) is 5.32 Å². The average Bonchev–Trinajstić information content (AvgIpc) is 2.76. The van der Waals surface area contributed by atoms with Crippen molar-refractivity contribution in [3.05, 3.63) is 0 Å². The molecule has 0 heterocycles. The SMILES string of the molecule is CC1(C)C(=O)[C@]2(C(=O)NCCN)CC[C@@H]1C2. The lowest BCUT2D eigenvalue weighted by Gasteiger charge is -2.32. The molecule has 0 spiro atoms. The zero-order chi connectivity index (χ0) is 12.0. The summed E-state index contributed by atoms with van der Waals surface area (Å²) in [6.07, 6.45) is 2.44. The molecule has 2 atom stereocenters. The van der Waals surface area contributed by atoms with E-state index < -0.39 is 5.41 Å². The van der Waals surface area contributed by atoms with Crippen LogP contribution < -0.4 is 11.1 Å². The maximum atomic E-state index is 12.3. The quantitative estimate of drug-likeness (QED) is 0.684. The molecular weight excluding hydrogens is 204 g/mol. The van der Waals surface area contributed by atoms with Gasteiger partial charge in [0.2, 0.25) is 5.91 Å². The Morgan fingerprint density at radius 2 is 2.25 bits per heavy atom. The molecule has 3 N–H and O–H groups in total. The predicted octanol–water partition coefficient (Wildman–Crippen LogP) is 0.457. The first-order valence-corrected chi connectivity index (χ1v) is 5.98. The van der Waals surface area contributed by atoms with Gasteiger partial charge in [0.25, 0.3) is 0 Å². The highest BCUT2D eigenvalue weighted by Crippen LogP contribution is 2.60. The van der Waals surface area contributed by atoms with Crippen LogP contribution in [0.15, 0.2) is 0 Å². The lowest BCUT2D eigenvalue weighted by atomic mass is 9.70. The van der Waals surface area contributed by atoms with E-state index in [0.29, 0.717) is 19.0 Å². The molecule has 90 valence electrons. The van der Waals surface area contributed by atoms with E-state index in [1.165, 1.54) is 0 Å². The van der Waals surface area contributed by atoms with Crippen LogP contribution in [0.1, 0.15) is 33.1 Å². The van der Waals surface area contributed by atoms with Gasteiger partial charge in [0.1, 0.15) is 5.41 Å². The third-order valence-corrected chi connectivity index (χ3v) is 4.42. The van der Waals surface area contributed by atoms with Crippen LogP contribution in [0.25, 0.3) is 0 Å². The van der Waals surface area contributed by atoms with Crippen molar-refractivity contribution in [2.75, 3.05) is 13.1 Å². The van der Waals surface area contributed by atoms with Gasteiger partial charge in [-0.15, -0.1) is 0 Å². The third kappa shape index (κ3) is 1.32. The molecular formula is C12H20N2O2. The van der Waals surface area contributed by atoms with Crippen LogP contribution in [-0.4, -0.2) is 24.8 Å². The number of rotatable bonds is 3. The molecule has 0 aromatic carbocycles. The van der Waals surface area contributed by atoms with Gasteiger partial charge in [-0.25, -0.2) is 0 Å². The molecule has 1 amide bonds. The molecule has 4 heteroatoms. The Balaban J connectivity index is 2.20. The van der Waals surface area contributed by atoms with Crippen LogP contribution in [0, 0.1) is 16.7 Å². The average molecular weight is 224 g/mol. The van der Waals surface area contributed by atoms with Gasteiger partial charge in [-0.05, 0) is 25.2 Å². The number of amides is 1. The molecule has 2 aliphatic rings. The van der Waals surface area contributed by atoms with Crippen molar-refractivity contribution in [3.63, 3.8) is 0 Å². The number of hydrogen-bond acceptors (Lipinski definition) is 3. The second-order valence-corrected chi connectivity index (χ2v) is 5.62. The van der Waals surface area contributed by atoms with Crippen LogP contribution in [0.3, 0.4) is 0 Å². The van der Waals surface area contributed by atoms with E-state index >= 15 is 0 Å². The highest BCUT2D eigenvalue weighted by atomic mass is 16.2. The monoisotopic (exact) mass is 224 g/mol. The summed E-state index contributed by atoms with van der Waals surface area (Å²) in [6.45, 7) is 4.82. The first-order chi connectivity index (χ1) is 7.45. The molecule has 2 rings (SSSR count). The Kier molecular flexibility index (Phi) is 2.57. The van der Waals surface area contributed by atoms with Crippen molar-refractivity contribution in [2.24, 2.45) is 22.5 Å². The van der Waals surface area contributed by atoms with Gasteiger partial charge in [-0.2, -0.15) is 0 Å². The van der Waals surface area contributed by atoms with E-state index in [4.69, 9.17) is 5.73 Å². The zero-order valence-corrected chi connectivity index (χ0v) is 10.0. The summed E-state index contributed by atoms with van der Waals surface area (Å²) in [5.74, 6) is 0.408. The van der Waals surface area contributed by atoms with Crippen molar-refractivity contribution in [3.8, 4) is 0 Å². The van der Waals surface area contributed by atoms with Crippen molar-refractivity contribution >= 4 is 11.7 Å². The van der Waals surface area contributed by atoms with Crippen molar-refractivity contribution in [1.29, 1.82) is 0 Å². The van der Waals surface area contributed by atoms with Crippen molar-refractivity contribution in [2.45, 2.75) is 33.1 Å². The number of carbonyl (C=O) groups is 2. The summed E-state index contributed by atoms with van der Waals surface area (Å²) >= 11 is 0. The van der Waals surface area contributed by atoms with E-state index in [-0.39, 0.29) is 17.1 Å². The predicted molar refractivity (Wildman–Crippen MR) is 60.6 cm³/mol. The van der Waals surface area contributed by atoms with Crippen LogP contribution in [0.2, 0.25) is 0 Å². The zero-order valence-electron chi connectivity index (χ0n) is 10.0. The van der Waals surface area contributed by atoms with Crippen molar-refractivity contribution < 1.29 is 9.59 Å². The first kappa shape index (κ1) is 11.6. The van der Waals surface area contributed by atoms with E-state index in [2.05, 4.69) is 5.32 Å². The summed E-state index contributed by atoms with van der Waals surface area (Å²) in [6, 6.07) is 0. The van der Waals surface area contributed by atoms with Crippen LogP contribution in [0.4, 0.5) is 0 Å². The second kappa shape index (κ2) is 3.55. The van der Waals surface area contributed by atoms with E-state index in [9.17, 15) is 9.59 Å². The molecule has 4 nitrogen and oxygen atoms in total. The topological polar surface area (TPSA) is 72.2 Å². The van der Waals surface area contributed by atoms with E-state index in [0.717, 1.165) is 19.3 Å². The Morgan fingerprint density at radius 1 is 1.56 bits per heavy atom. The van der Waals surface area contributed by atoms with Gasteiger partial charge in [0.05, 0.1) is 0 Å². The summed E-state index contributed by atoms with van der Waals surface area (Å²) in [5, 5.41) is 2.78. The first-order valence-electron chi connectivity index (χ1n) is 5.98. The van der Waals surface area contributed by atoms with Crippen LogP contribution in [0.5, 0.6) is 0 Å². The standard InChI is InChI=1S/C12H20N2O2/c1-11(2)8-3-4-12(7-8,9(11)15)10(16)14-6-5-13/h8H,3-7,13H2,1-2H3,(H,14,16)/t8-,12+/m1/s1.